The van der Waals surface area contributed by atoms with Crippen molar-refractivity contribution in [1.82, 2.24) is 41.7 Å². The summed E-state index contributed by atoms with van der Waals surface area (Å²) in [7, 11) is 0. The van der Waals surface area contributed by atoms with Gasteiger partial charge in [0.05, 0.1) is 0 Å². The van der Waals surface area contributed by atoms with E-state index >= 15 is 0 Å². The van der Waals surface area contributed by atoms with Crippen LogP contribution >= 0.6 is 0 Å². The molecule has 5 rings (SSSR count). The van der Waals surface area contributed by atoms with Crippen LogP contribution in [0, 0.1) is 0 Å². The SMILES string of the molecule is C=CCN1C(=O)[C@@H](Cc2ccccc2)NC(=O)[C@H](C)NC(=O)[C@@H](Cc2ccccc2)NC(=O)[C@H](C)N(CC=C)C(=O)[C@@H](Cc2ccccc2)NC(=O)[C@H](C)NC(=O)[C@@H](Cc2ccccc2)NC(=O)[C@@H]1C. The Balaban J connectivity index is 1.57. The Morgan fingerprint density at radius 1 is 0.371 bits per heavy atom. The Labute approximate surface area is 409 Å². The zero-order valence-electron chi connectivity index (χ0n) is 40.1. The molecule has 0 bridgehead atoms. The molecule has 16 heteroatoms. The smallest absolute Gasteiger partial charge is 0.246 e. The van der Waals surface area contributed by atoms with Gasteiger partial charge in [-0.15, -0.1) is 13.2 Å². The summed E-state index contributed by atoms with van der Waals surface area (Å²) in [5.74, 6) is -5.60. The average Bonchev–Trinajstić information content (AvgIpc) is 3.36. The molecule has 0 saturated carbocycles. The molecule has 0 radical (unpaired) electrons. The standard InChI is InChI=1S/C54H64N8O8/c1-7-29-61-37(5)49(65)57-43(31-39-21-13-9-14-22-39)51(67)56-36(4)48(64)60-46(34-42-27-19-12-20-28-42)54(70)62(30-8-2)38(6)50(66)58-44(32-40-23-15-10-16-24-40)52(68)55-35(3)47(63)59-45(53(61)69)33-41-25-17-11-18-26-41/h7-28,35-38,43-46H,1-2,29-34H2,3-6H3,(H,55,68)(H,56,67)(H,57,65)(H,58,66)(H,59,63)(H,60,64)/t35-,36-,37-,38-,43+,44+,45+,46+/m0/s1. The fourth-order valence-electron chi connectivity index (χ4n) is 7.99. The number of benzene rings is 4. The third kappa shape index (κ3) is 15.1. The van der Waals surface area contributed by atoms with Crippen molar-refractivity contribution in [2.75, 3.05) is 13.1 Å². The molecular formula is C54H64N8O8. The minimum atomic E-state index is -1.25. The maximum absolute atomic E-state index is 14.7. The second kappa shape index (κ2) is 26.0. The molecule has 0 aromatic heterocycles. The van der Waals surface area contributed by atoms with E-state index in [-0.39, 0.29) is 38.8 Å². The first-order chi connectivity index (χ1) is 33.6. The van der Waals surface area contributed by atoms with Crippen molar-refractivity contribution < 1.29 is 38.4 Å². The van der Waals surface area contributed by atoms with Gasteiger partial charge in [0.1, 0.15) is 48.3 Å². The van der Waals surface area contributed by atoms with Crippen LogP contribution in [-0.2, 0) is 64.0 Å². The minimum absolute atomic E-state index is 0.00294. The highest BCUT2D eigenvalue weighted by Crippen LogP contribution is 2.15. The van der Waals surface area contributed by atoms with Crippen molar-refractivity contribution in [2.45, 2.75) is 102 Å². The van der Waals surface area contributed by atoms with Crippen molar-refractivity contribution in [1.29, 1.82) is 0 Å². The predicted octanol–water partition coefficient (Wildman–Crippen LogP) is 2.73. The topological polar surface area (TPSA) is 215 Å². The molecule has 6 N–H and O–H groups in total. The summed E-state index contributed by atoms with van der Waals surface area (Å²) in [4.78, 5) is 117. The number of hydrogen-bond donors (Lipinski definition) is 6. The quantitative estimate of drug-likeness (QED) is 0.116. The first-order valence-corrected chi connectivity index (χ1v) is 23.4. The molecule has 4 aromatic carbocycles. The van der Waals surface area contributed by atoms with Gasteiger partial charge in [0, 0.05) is 38.8 Å². The van der Waals surface area contributed by atoms with Crippen LogP contribution in [-0.4, -0.2) is 118 Å². The number of hydrogen-bond acceptors (Lipinski definition) is 8. The van der Waals surface area contributed by atoms with Gasteiger partial charge in [-0.2, -0.15) is 0 Å². The average molecular weight is 953 g/mol. The summed E-state index contributed by atoms with van der Waals surface area (Å²) >= 11 is 0. The number of nitrogens with zero attached hydrogens (tertiary/aromatic N) is 2. The molecule has 1 heterocycles. The van der Waals surface area contributed by atoms with Gasteiger partial charge in [-0.1, -0.05) is 133 Å². The Kier molecular flexibility index (Phi) is 19.7. The highest BCUT2D eigenvalue weighted by atomic mass is 16.2. The van der Waals surface area contributed by atoms with Gasteiger partial charge in [0.2, 0.25) is 47.3 Å². The van der Waals surface area contributed by atoms with Crippen LogP contribution < -0.4 is 31.9 Å². The van der Waals surface area contributed by atoms with E-state index in [9.17, 15) is 38.4 Å². The first kappa shape index (κ1) is 53.1. The van der Waals surface area contributed by atoms with Crippen molar-refractivity contribution in [2.24, 2.45) is 0 Å². The molecule has 1 fully saturated rings. The van der Waals surface area contributed by atoms with Crippen molar-refractivity contribution in [3.63, 3.8) is 0 Å². The molecule has 4 aromatic rings. The number of nitrogens with one attached hydrogen (secondary N) is 6. The van der Waals surface area contributed by atoms with E-state index in [1.807, 2.05) is 0 Å². The second-order valence-corrected chi connectivity index (χ2v) is 17.4. The summed E-state index contributed by atoms with van der Waals surface area (Å²) in [6.45, 7) is 13.2. The van der Waals surface area contributed by atoms with Gasteiger partial charge < -0.3 is 41.7 Å². The van der Waals surface area contributed by atoms with Gasteiger partial charge in [0.25, 0.3) is 0 Å². The molecule has 16 nitrogen and oxygen atoms in total. The molecule has 8 atom stereocenters. The summed E-state index contributed by atoms with van der Waals surface area (Å²) in [5.41, 5.74) is 2.75. The second-order valence-electron chi connectivity index (χ2n) is 17.4. The molecule has 368 valence electrons. The highest BCUT2D eigenvalue weighted by molar-refractivity contribution is 5.99. The van der Waals surface area contributed by atoms with Gasteiger partial charge in [-0.25, -0.2) is 0 Å². The van der Waals surface area contributed by atoms with E-state index < -0.39 is 95.6 Å². The summed E-state index contributed by atoms with van der Waals surface area (Å²) in [5, 5.41) is 16.6. The van der Waals surface area contributed by atoms with Crippen LogP contribution in [0.5, 0.6) is 0 Å². The number of amides is 8. The van der Waals surface area contributed by atoms with E-state index in [4.69, 9.17) is 0 Å². The third-order valence-electron chi connectivity index (χ3n) is 12.0. The van der Waals surface area contributed by atoms with Crippen LogP contribution in [0.2, 0.25) is 0 Å². The van der Waals surface area contributed by atoms with Crippen LogP contribution in [0.15, 0.2) is 147 Å². The number of carbonyl (C=O) groups is 8. The molecule has 0 unspecified atom stereocenters. The molecule has 0 spiro atoms. The first-order valence-electron chi connectivity index (χ1n) is 23.4. The molecular weight excluding hydrogens is 889 g/mol. The van der Waals surface area contributed by atoms with Gasteiger partial charge in [-0.05, 0) is 49.9 Å². The van der Waals surface area contributed by atoms with Crippen molar-refractivity contribution in [3.8, 4) is 0 Å². The molecule has 1 aliphatic rings. The molecule has 1 aliphatic heterocycles. The highest BCUT2D eigenvalue weighted by Gasteiger charge is 2.37. The monoisotopic (exact) mass is 952 g/mol. The Bertz CT molecular complexity index is 2290. The fraction of sp³-hybridized carbons (Fsp3) is 0.333. The fourth-order valence-corrected chi connectivity index (χ4v) is 7.99. The molecule has 0 aliphatic carbocycles. The van der Waals surface area contributed by atoms with Crippen LogP contribution in [0.25, 0.3) is 0 Å². The normalized spacial score (nSPS) is 23.9. The zero-order valence-corrected chi connectivity index (χ0v) is 40.1. The molecule has 8 amide bonds. The van der Waals surface area contributed by atoms with Crippen LogP contribution in [0.4, 0.5) is 0 Å². The number of carbonyl (C=O) groups excluding carboxylic acids is 8. The van der Waals surface area contributed by atoms with E-state index in [0.29, 0.717) is 22.3 Å². The lowest BCUT2D eigenvalue weighted by Crippen LogP contribution is -2.62. The lowest BCUT2D eigenvalue weighted by atomic mass is 10.0. The predicted molar refractivity (Wildman–Crippen MR) is 266 cm³/mol. The zero-order chi connectivity index (χ0) is 50.7. The van der Waals surface area contributed by atoms with E-state index in [1.54, 1.807) is 121 Å². The Hall–Kier alpha value is -7.88. The third-order valence-corrected chi connectivity index (χ3v) is 12.0. The van der Waals surface area contributed by atoms with E-state index in [2.05, 4.69) is 45.1 Å². The molecule has 1 saturated heterocycles. The number of rotatable bonds is 12. The summed E-state index contributed by atoms with van der Waals surface area (Å²) < 4.78 is 0. The van der Waals surface area contributed by atoms with Crippen LogP contribution in [0.1, 0.15) is 49.9 Å². The van der Waals surface area contributed by atoms with Gasteiger partial charge >= 0.3 is 0 Å². The maximum Gasteiger partial charge on any atom is 0.246 e. The van der Waals surface area contributed by atoms with Gasteiger partial charge in [-0.3, -0.25) is 38.4 Å². The Morgan fingerprint density at radius 2 is 0.629 bits per heavy atom. The van der Waals surface area contributed by atoms with Crippen LogP contribution in [0.3, 0.4) is 0 Å². The van der Waals surface area contributed by atoms with E-state index in [1.165, 1.54) is 49.6 Å². The molecule has 70 heavy (non-hydrogen) atoms. The minimum Gasteiger partial charge on any atom is -0.343 e. The summed E-state index contributed by atoms with van der Waals surface area (Å²) in [6.07, 6.45) is 2.88. The lowest BCUT2D eigenvalue weighted by molar-refractivity contribution is -0.144. The lowest BCUT2D eigenvalue weighted by Gasteiger charge is -2.33. The maximum atomic E-state index is 14.7. The largest absolute Gasteiger partial charge is 0.343 e. The van der Waals surface area contributed by atoms with E-state index in [0.717, 1.165) is 0 Å². The Morgan fingerprint density at radius 3 is 0.900 bits per heavy atom. The van der Waals surface area contributed by atoms with Gasteiger partial charge in [0.15, 0.2) is 0 Å². The van der Waals surface area contributed by atoms with Crippen molar-refractivity contribution in [3.05, 3.63) is 169 Å². The van der Waals surface area contributed by atoms with Crippen molar-refractivity contribution >= 4 is 47.3 Å². The summed E-state index contributed by atoms with van der Waals surface area (Å²) in [6, 6.07) is 25.7.